The smallest absolute Gasteiger partial charge is 0.269 e. The average molecular weight is 396 g/mol. The van der Waals surface area contributed by atoms with Crippen LogP contribution < -0.4 is 9.46 Å². The number of hydrogen-bond acceptors (Lipinski definition) is 5. The minimum absolute atomic E-state index is 0.0451. The third-order valence-corrected chi connectivity index (χ3v) is 6.07. The van der Waals surface area contributed by atoms with Gasteiger partial charge < -0.3 is 4.74 Å². The van der Waals surface area contributed by atoms with Crippen LogP contribution in [0.5, 0.6) is 11.5 Å². The summed E-state index contributed by atoms with van der Waals surface area (Å²) in [5.41, 5.74) is 2.14. The molecular weight excluding hydrogens is 380 g/mol. The molecule has 1 aliphatic rings. The molecule has 1 atom stereocenters. The zero-order valence-corrected chi connectivity index (χ0v) is 15.6. The van der Waals surface area contributed by atoms with Gasteiger partial charge in [-0.15, -0.1) is 0 Å². The van der Waals surface area contributed by atoms with E-state index in [1.54, 1.807) is 6.07 Å². The summed E-state index contributed by atoms with van der Waals surface area (Å²) in [6.07, 6.45) is 0. The van der Waals surface area contributed by atoms with Crippen LogP contribution in [0.1, 0.15) is 22.7 Å². The number of non-ortho nitro benzene ring substituents is 1. The zero-order chi connectivity index (χ0) is 19.9. The summed E-state index contributed by atoms with van der Waals surface area (Å²) in [6, 6.07) is 17.0. The summed E-state index contributed by atoms with van der Waals surface area (Å²) in [5, 5.41) is 10.8. The lowest BCUT2D eigenvalue weighted by Gasteiger charge is -2.29. The molecule has 0 aromatic heterocycles. The molecule has 4 rings (SSSR count). The summed E-state index contributed by atoms with van der Waals surface area (Å²) in [5.74, 6) is 1.21. The first-order valence-corrected chi connectivity index (χ1v) is 9.98. The van der Waals surface area contributed by atoms with Gasteiger partial charge in [-0.2, -0.15) is 4.72 Å². The predicted molar refractivity (Wildman–Crippen MR) is 103 cm³/mol. The minimum Gasteiger partial charge on any atom is -0.456 e. The molecule has 0 aliphatic carbocycles. The minimum atomic E-state index is -3.93. The van der Waals surface area contributed by atoms with E-state index < -0.39 is 21.0 Å². The van der Waals surface area contributed by atoms with Gasteiger partial charge in [-0.25, -0.2) is 8.42 Å². The Morgan fingerprint density at radius 1 is 0.964 bits per heavy atom. The molecule has 8 heteroatoms. The number of hydrogen-bond donors (Lipinski definition) is 1. The highest BCUT2D eigenvalue weighted by Gasteiger charge is 2.31. The van der Waals surface area contributed by atoms with Crippen LogP contribution in [0.2, 0.25) is 0 Å². The monoisotopic (exact) mass is 396 g/mol. The summed E-state index contributed by atoms with van der Waals surface area (Å²) >= 11 is 0. The van der Waals surface area contributed by atoms with E-state index in [9.17, 15) is 18.5 Å². The normalized spacial score (nSPS) is 15.2. The van der Waals surface area contributed by atoms with E-state index in [-0.39, 0.29) is 10.6 Å². The molecule has 7 nitrogen and oxygen atoms in total. The summed E-state index contributed by atoms with van der Waals surface area (Å²) < 4.78 is 34.6. The number of fused-ring (bicyclic) bond motifs is 2. The Balaban J connectivity index is 1.77. The second kappa shape index (κ2) is 6.74. The Labute approximate surface area is 161 Å². The number of nitrogens with zero attached hydrogens (tertiary/aromatic N) is 1. The van der Waals surface area contributed by atoms with Gasteiger partial charge in [0.15, 0.2) is 0 Å². The number of rotatable bonds is 4. The van der Waals surface area contributed by atoms with E-state index in [0.29, 0.717) is 22.6 Å². The fraction of sp³-hybridized carbons (Fsp3) is 0.100. The van der Waals surface area contributed by atoms with Crippen molar-refractivity contribution >= 4 is 15.7 Å². The SMILES string of the molecule is Cc1cccc2c1Oc1ccccc1[C@@H]2NS(=O)(=O)c1ccc([N+](=O)[O-])cc1. The van der Waals surface area contributed by atoms with E-state index in [2.05, 4.69) is 4.72 Å². The Bertz CT molecular complexity index is 1170. The summed E-state index contributed by atoms with van der Waals surface area (Å²) in [6.45, 7) is 1.90. The van der Waals surface area contributed by atoms with Crippen LogP contribution in [-0.2, 0) is 10.0 Å². The molecule has 0 unspecified atom stereocenters. The molecule has 28 heavy (non-hydrogen) atoms. The largest absolute Gasteiger partial charge is 0.456 e. The van der Waals surface area contributed by atoms with Crippen molar-refractivity contribution in [2.45, 2.75) is 17.9 Å². The van der Waals surface area contributed by atoms with Gasteiger partial charge in [0.25, 0.3) is 5.69 Å². The summed E-state index contributed by atoms with van der Waals surface area (Å²) in [7, 11) is -3.93. The first kappa shape index (κ1) is 18.1. The van der Waals surface area contributed by atoms with Gasteiger partial charge in [-0.3, -0.25) is 10.1 Å². The highest BCUT2D eigenvalue weighted by molar-refractivity contribution is 7.89. The average Bonchev–Trinajstić information content (AvgIpc) is 2.68. The van der Waals surface area contributed by atoms with Gasteiger partial charge >= 0.3 is 0 Å². The van der Waals surface area contributed by atoms with Crippen LogP contribution in [-0.4, -0.2) is 13.3 Å². The molecule has 142 valence electrons. The van der Waals surface area contributed by atoms with E-state index >= 15 is 0 Å². The van der Waals surface area contributed by atoms with Crippen molar-refractivity contribution in [3.8, 4) is 11.5 Å². The number of para-hydroxylation sites is 2. The highest BCUT2D eigenvalue weighted by Crippen LogP contribution is 2.44. The number of benzene rings is 3. The van der Waals surface area contributed by atoms with E-state index in [4.69, 9.17) is 4.74 Å². The Kier molecular flexibility index (Phi) is 4.37. The fourth-order valence-corrected chi connectivity index (χ4v) is 4.42. The maximum Gasteiger partial charge on any atom is 0.269 e. The highest BCUT2D eigenvalue weighted by atomic mass is 32.2. The van der Waals surface area contributed by atoms with Crippen molar-refractivity contribution in [2.75, 3.05) is 0 Å². The molecule has 0 radical (unpaired) electrons. The molecule has 0 bridgehead atoms. The molecular formula is C20H16N2O5S. The fourth-order valence-electron chi connectivity index (χ4n) is 3.23. The van der Waals surface area contributed by atoms with E-state index in [1.807, 2.05) is 43.3 Å². The molecule has 0 saturated heterocycles. The van der Waals surface area contributed by atoms with Crippen molar-refractivity contribution in [1.29, 1.82) is 0 Å². The topological polar surface area (TPSA) is 98.5 Å². The number of nitro benzene ring substituents is 1. The van der Waals surface area contributed by atoms with Crippen LogP contribution in [0.3, 0.4) is 0 Å². The maximum absolute atomic E-state index is 13.0. The van der Waals surface area contributed by atoms with Crippen LogP contribution in [0.25, 0.3) is 0 Å². The standard InChI is InChI=1S/C20H16N2O5S/c1-13-5-4-7-17-19(16-6-2-3-8-18(16)27-20(13)17)21-28(25,26)15-11-9-14(10-12-15)22(23)24/h2-12,19,21H,1H3/t19-/m0/s1. The van der Waals surface area contributed by atoms with Gasteiger partial charge in [0.2, 0.25) is 10.0 Å². The molecule has 1 aliphatic heterocycles. The Hall–Kier alpha value is -3.23. The summed E-state index contributed by atoms with van der Waals surface area (Å²) in [4.78, 5) is 10.2. The molecule has 0 saturated carbocycles. The van der Waals surface area contributed by atoms with Crippen LogP contribution in [0.4, 0.5) is 5.69 Å². The Morgan fingerprint density at radius 2 is 1.64 bits per heavy atom. The van der Waals surface area contributed by atoms with Crippen molar-refractivity contribution in [2.24, 2.45) is 0 Å². The molecule has 0 spiro atoms. The second-order valence-corrected chi connectivity index (χ2v) is 8.15. The van der Waals surface area contributed by atoms with Gasteiger partial charge in [0.05, 0.1) is 15.9 Å². The van der Waals surface area contributed by atoms with Crippen molar-refractivity contribution < 1.29 is 18.1 Å². The van der Waals surface area contributed by atoms with Gasteiger partial charge in [-0.05, 0) is 30.7 Å². The molecule has 0 amide bonds. The number of aryl methyl sites for hydroxylation is 1. The van der Waals surface area contributed by atoms with Crippen molar-refractivity contribution in [3.63, 3.8) is 0 Å². The lowest BCUT2D eigenvalue weighted by molar-refractivity contribution is -0.384. The molecule has 3 aromatic rings. The van der Waals surface area contributed by atoms with Crippen LogP contribution >= 0.6 is 0 Å². The Morgan fingerprint density at radius 3 is 2.36 bits per heavy atom. The number of nitro groups is 1. The first-order valence-electron chi connectivity index (χ1n) is 8.50. The van der Waals surface area contributed by atoms with Crippen molar-refractivity contribution in [1.82, 2.24) is 4.72 Å². The lowest BCUT2D eigenvalue weighted by atomic mass is 9.94. The van der Waals surface area contributed by atoms with Crippen LogP contribution in [0.15, 0.2) is 71.6 Å². The zero-order valence-electron chi connectivity index (χ0n) is 14.8. The second-order valence-electron chi connectivity index (χ2n) is 6.44. The van der Waals surface area contributed by atoms with Gasteiger partial charge in [-0.1, -0.05) is 36.4 Å². The number of nitrogens with one attached hydrogen (secondary N) is 1. The molecule has 0 fully saturated rings. The van der Waals surface area contributed by atoms with Crippen LogP contribution in [0, 0.1) is 17.0 Å². The first-order chi connectivity index (χ1) is 13.4. The molecule has 1 N–H and O–H groups in total. The number of ether oxygens (including phenoxy) is 1. The van der Waals surface area contributed by atoms with E-state index in [0.717, 1.165) is 5.56 Å². The maximum atomic E-state index is 13.0. The van der Waals surface area contributed by atoms with Gasteiger partial charge in [0.1, 0.15) is 11.5 Å². The molecule has 3 aromatic carbocycles. The van der Waals surface area contributed by atoms with E-state index in [1.165, 1.54) is 24.3 Å². The quantitative estimate of drug-likeness (QED) is 0.529. The third kappa shape index (κ3) is 3.12. The molecule has 1 heterocycles. The van der Waals surface area contributed by atoms with Crippen molar-refractivity contribution in [3.05, 3.63) is 93.5 Å². The third-order valence-electron chi connectivity index (χ3n) is 4.63. The van der Waals surface area contributed by atoms with Gasteiger partial charge in [0, 0.05) is 23.3 Å². The predicted octanol–water partition coefficient (Wildman–Crippen LogP) is 4.08. The lowest BCUT2D eigenvalue weighted by Crippen LogP contribution is -2.31. The number of sulfonamides is 1.